The van der Waals surface area contributed by atoms with Crippen LogP contribution in [0, 0.1) is 5.82 Å². The van der Waals surface area contributed by atoms with Crippen molar-refractivity contribution in [2.45, 2.75) is 10.6 Å². The summed E-state index contributed by atoms with van der Waals surface area (Å²) in [7, 11) is 0. The fourth-order valence-electron chi connectivity index (χ4n) is 2.69. The number of nitrogens with one attached hydrogen (secondary N) is 2. The smallest absolute Gasteiger partial charge is 0.308 e. The maximum Gasteiger partial charge on any atom is 0.325 e. The molecule has 3 aromatic carbocycles. The number of aromatic nitrogens is 2. The average Bonchev–Trinajstić information content (AvgIpc) is 3.23. The van der Waals surface area contributed by atoms with Crippen molar-refractivity contribution in [3.8, 4) is 10.6 Å². The zero-order valence-corrected chi connectivity index (χ0v) is 18.4. The van der Waals surface area contributed by atoms with E-state index < -0.39 is 6.03 Å². The average molecular weight is 471 g/mol. The molecule has 0 aliphatic carbocycles. The van der Waals surface area contributed by atoms with Gasteiger partial charge in [-0.2, -0.15) is 0 Å². The van der Waals surface area contributed by atoms with Crippen LogP contribution in [0.3, 0.4) is 0 Å². The van der Waals surface area contributed by atoms with Gasteiger partial charge in [0, 0.05) is 26.9 Å². The van der Waals surface area contributed by atoms with Crippen LogP contribution >= 0.6 is 34.7 Å². The van der Waals surface area contributed by atoms with Crippen LogP contribution in [0.15, 0.2) is 77.7 Å². The third-order valence-electron chi connectivity index (χ3n) is 4.17. The Bertz CT molecular complexity index is 1180. The summed E-state index contributed by atoms with van der Waals surface area (Å²) >= 11 is 8.77. The van der Waals surface area contributed by atoms with E-state index in [0.717, 1.165) is 16.0 Å². The molecule has 0 saturated carbocycles. The maximum absolute atomic E-state index is 13.1. The van der Waals surface area contributed by atoms with Crippen LogP contribution in [0.25, 0.3) is 10.6 Å². The number of amides is 2. The zero-order valence-electron chi connectivity index (χ0n) is 16.0. The summed E-state index contributed by atoms with van der Waals surface area (Å²) in [4.78, 5) is 13.2. The normalized spacial score (nSPS) is 10.6. The highest BCUT2D eigenvalue weighted by molar-refractivity contribution is 7.98. The van der Waals surface area contributed by atoms with Crippen LogP contribution in [0.2, 0.25) is 5.02 Å². The molecule has 156 valence electrons. The minimum atomic E-state index is -0.413. The van der Waals surface area contributed by atoms with E-state index in [1.54, 1.807) is 48.2 Å². The summed E-state index contributed by atoms with van der Waals surface area (Å²) in [6, 6.07) is 20.7. The van der Waals surface area contributed by atoms with Gasteiger partial charge < -0.3 is 5.32 Å². The summed E-state index contributed by atoms with van der Waals surface area (Å²) in [6.45, 7) is 0. The molecule has 1 heterocycles. The monoisotopic (exact) mass is 470 g/mol. The van der Waals surface area contributed by atoms with Gasteiger partial charge in [-0.25, -0.2) is 9.18 Å². The van der Waals surface area contributed by atoms with Gasteiger partial charge in [-0.3, -0.25) is 5.32 Å². The first-order chi connectivity index (χ1) is 15.1. The molecule has 9 heteroatoms. The Morgan fingerprint density at radius 3 is 2.48 bits per heavy atom. The lowest BCUT2D eigenvalue weighted by Crippen LogP contribution is -2.19. The molecule has 2 amide bonds. The Balaban J connectivity index is 1.43. The first-order valence-electron chi connectivity index (χ1n) is 9.20. The Morgan fingerprint density at radius 1 is 0.968 bits per heavy atom. The minimum Gasteiger partial charge on any atom is -0.308 e. The van der Waals surface area contributed by atoms with Gasteiger partial charge in [0.25, 0.3) is 0 Å². The Hall–Kier alpha value is -2.94. The van der Waals surface area contributed by atoms with Crippen molar-refractivity contribution in [2.24, 2.45) is 0 Å². The van der Waals surface area contributed by atoms with E-state index in [9.17, 15) is 9.18 Å². The summed E-state index contributed by atoms with van der Waals surface area (Å²) in [5.74, 6) is 0.452. The van der Waals surface area contributed by atoms with Crippen LogP contribution in [0.1, 0.15) is 5.56 Å². The zero-order chi connectivity index (χ0) is 21.6. The molecular formula is C22H16ClFN4OS2. The van der Waals surface area contributed by atoms with Crippen molar-refractivity contribution in [1.82, 2.24) is 10.2 Å². The van der Waals surface area contributed by atoms with Crippen LogP contribution < -0.4 is 10.6 Å². The molecule has 0 atom stereocenters. The number of thioether (sulfide) groups is 1. The fraction of sp³-hybridized carbons (Fsp3) is 0.0455. The molecule has 4 aromatic rings. The SMILES string of the molecule is O=C(Nc1ccc(Cl)cc1)Nc1nnc(-c2ccccc2SCc2ccc(F)cc2)s1. The van der Waals surface area contributed by atoms with Gasteiger partial charge in [-0.15, -0.1) is 22.0 Å². The standard InChI is InChI=1S/C22H16ClFN4OS2/c23-15-7-11-17(12-8-15)25-21(29)26-22-28-27-20(31-22)18-3-1-2-4-19(18)30-13-14-5-9-16(24)10-6-14/h1-12H,13H2,(H2,25,26,28,29). The van der Waals surface area contributed by atoms with E-state index in [-0.39, 0.29) is 5.82 Å². The molecule has 1 aromatic heterocycles. The quantitative estimate of drug-likeness (QED) is 0.300. The second-order valence-electron chi connectivity index (χ2n) is 6.41. The lowest BCUT2D eigenvalue weighted by atomic mass is 10.2. The molecular weight excluding hydrogens is 455 g/mol. The van der Waals surface area contributed by atoms with Gasteiger partial charge >= 0.3 is 6.03 Å². The highest BCUT2D eigenvalue weighted by Crippen LogP contribution is 2.35. The predicted molar refractivity (Wildman–Crippen MR) is 125 cm³/mol. The highest BCUT2D eigenvalue weighted by Gasteiger charge is 2.13. The van der Waals surface area contributed by atoms with E-state index in [1.807, 2.05) is 24.3 Å². The van der Waals surface area contributed by atoms with Gasteiger partial charge in [-0.05, 0) is 48.0 Å². The number of carbonyl (C=O) groups excluding carboxylic acids is 1. The number of rotatable bonds is 6. The molecule has 0 unspecified atom stereocenters. The van der Waals surface area contributed by atoms with Crippen LogP contribution in [-0.2, 0) is 5.75 Å². The molecule has 0 aliphatic rings. The fourth-order valence-corrected chi connectivity index (χ4v) is 4.66. The summed E-state index contributed by atoms with van der Waals surface area (Å²) < 4.78 is 13.1. The second-order valence-corrected chi connectivity index (χ2v) is 8.84. The van der Waals surface area contributed by atoms with Crippen molar-refractivity contribution >= 4 is 51.5 Å². The summed E-state index contributed by atoms with van der Waals surface area (Å²) in [5.41, 5.74) is 2.58. The molecule has 0 aliphatic heterocycles. The van der Waals surface area contributed by atoms with E-state index in [2.05, 4.69) is 20.8 Å². The molecule has 2 N–H and O–H groups in total. The first kappa shape index (κ1) is 21.3. The molecule has 0 fully saturated rings. The number of hydrogen-bond acceptors (Lipinski definition) is 5. The van der Waals surface area contributed by atoms with Crippen molar-refractivity contribution in [3.05, 3.63) is 89.2 Å². The lowest BCUT2D eigenvalue weighted by Gasteiger charge is -2.07. The first-order valence-corrected chi connectivity index (χ1v) is 11.4. The van der Waals surface area contributed by atoms with E-state index in [4.69, 9.17) is 11.6 Å². The van der Waals surface area contributed by atoms with E-state index in [1.165, 1.54) is 23.5 Å². The molecule has 0 radical (unpaired) electrons. The van der Waals surface area contributed by atoms with Gasteiger partial charge in [0.1, 0.15) is 5.82 Å². The van der Waals surface area contributed by atoms with Crippen molar-refractivity contribution < 1.29 is 9.18 Å². The topological polar surface area (TPSA) is 66.9 Å². The largest absolute Gasteiger partial charge is 0.325 e. The molecule has 0 bridgehead atoms. The molecule has 4 rings (SSSR count). The van der Waals surface area contributed by atoms with Crippen molar-refractivity contribution in [2.75, 3.05) is 10.6 Å². The van der Waals surface area contributed by atoms with E-state index in [0.29, 0.717) is 26.6 Å². The summed E-state index contributed by atoms with van der Waals surface area (Å²) in [6.07, 6.45) is 0. The maximum atomic E-state index is 13.1. The second kappa shape index (κ2) is 9.91. The number of benzene rings is 3. The van der Waals surface area contributed by atoms with Gasteiger partial charge in [0.15, 0.2) is 5.01 Å². The number of urea groups is 1. The Morgan fingerprint density at radius 2 is 1.71 bits per heavy atom. The molecule has 5 nitrogen and oxygen atoms in total. The number of nitrogens with zero attached hydrogens (tertiary/aromatic N) is 2. The third-order valence-corrected chi connectivity index (χ3v) is 6.44. The van der Waals surface area contributed by atoms with Crippen LogP contribution in [0.4, 0.5) is 20.0 Å². The van der Waals surface area contributed by atoms with Crippen LogP contribution in [0.5, 0.6) is 0 Å². The van der Waals surface area contributed by atoms with Crippen molar-refractivity contribution in [1.29, 1.82) is 0 Å². The van der Waals surface area contributed by atoms with Gasteiger partial charge in [0.05, 0.1) is 0 Å². The lowest BCUT2D eigenvalue weighted by molar-refractivity contribution is 0.262. The van der Waals surface area contributed by atoms with Gasteiger partial charge in [0.2, 0.25) is 5.13 Å². The number of hydrogen-bond donors (Lipinski definition) is 2. The molecule has 0 spiro atoms. The molecule has 0 saturated heterocycles. The van der Waals surface area contributed by atoms with Crippen molar-refractivity contribution in [3.63, 3.8) is 0 Å². The Kier molecular flexibility index (Phi) is 6.81. The summed E-state index contributed by atoms with van der Waals surface area (Å²) in [5, 5.41) is 15.4. The van der Waals surface area contributed by atoms with Gasteiger partial charge in [-0.1, -0.05) is 53.3 Å². The third kappa shape index (κ3) is 5.81. The molecule has 31 heavy (non-hydrogen) atoms. The van der Waals surface area contributed by atoms with E-state index >= 15 is 0 Å². The number of anilines is 2. The highest BCUT2D eigenvalue weighted by atomic mass is 35.5. The number of carbonyl (C=O) groups is 1. The predicted octanol–water partition coefficient (Wildman–Crippen LogP) is 6.93. The Labute approximate surface area is 191 Å². The van der Waals surface area contributed by atoms with Crippen LogP contribution in [-0.4, -0.2) is 16.2 Å². The minimum absolute atomic E-state index is 0.247. The number of halogens is 2.